The first kappa shape index (κ1) is 17.1. The second kappa shape index (κ2) is 7.33. The third kappa shape index (κ3) is 3.93. The Morgan fingerprint density at radius 3 is 2.35 bits per heavy atom. The summed E-state index contributed by atoms with van der Waals surface area (Å²) in [6.45, 7) is 1.70. The van der Waals surface area contributed by atoms with Gasteiger partial charge in [0.25, 0.3) is 0 Å². The van der Waals surface area contributed by atoms with Gasteiger partial charge in [-0.1, -0.05) is 23.7 Å². The van der Waals surface area contributed by atoms with Crippen molar-refractivity contribution in [1.29, 1.82) is 0 Å². The summed E-state index contributed by atoms with van der Waals surface area (Å²) in [7, 11) is 2.91. The van der Waals surface area contributed by atoms with Crippen LogP contribution in [0.4, 0.5) is 4.39 Å². The molecule has 0 amide bonds. The van der Waals surface area contributed by atoms with Crippen molar-refractivity contribution in [3.8, 4) is 11.5 Å². The van der Waals surface area contributed by atoms with Crippen LogP contribution in [-0.2, 0) is 4.74 Å². The lowest BCUT2D eigenvalue weighted by molar-refractivity contribution is 0.0337. The monoisotopic (exact) mass is 338 g/mol. The molecule has 0 N–H and O–H groups in total. The van der Waals surface area contributed by atoms with Gasteiger partial charge in [-0.2, -0.15) is 0 Å². The zero-order chi connectivity index (χ0) is 17.0. The van der Waals surface area contributed by atoms with Gasteiger partial charge in [0, 0.05) is 0 Å². The van der Waals surface area contributed by atoms with Crippen LogP contribution in [0.2, 0.25) is 5.02 Å². The van der Waals surface area contributed by atoms with E-state index in [0.717, 1.165) is 0 Å². The van der Waals surface area contributed by atoms with Crippen molar-refractivity contribution in [3.05, 3.63) is 58.4 Å². The Morgan fingerprint density at radius 1 is 1.13 bits per heavy atom. The third-order valence-corrected chi connectivity index (χ3v) is 3.57. The topological polar surface area (TPSA) is 44.8 Å². The van der Waals surface area contributed by atoms with E-state index in [1.165, 1.54) is 38.5 Å². The summed E-state index contributed by atoms with van der Waals surface area (Å²) < 4.78 is 28.6. The summed E-state index contributed by atoms with van der Waals surface area (Å²) >= 11 is 6.07. The van der Waals surface area contributed by atoms with Crippen LogP contribution in [0.1, 0.15) is 28.9 Å². The van der Waals surface area contributed by atoms with Gasteiger partial charge in [-0.05, 0) is 36.8 Å². The summed E-state index contributed by atoms with van der Waals surface area (Å²) in [6.07, 6.45) is -0.532. The molecular weight excluding hydrogens is 323 g/mol. The lowest BCUT2D eigenvalue weighted by Crippen LogP contribution is -2.10. The fourth-order valence-corrected chi connectivity index (χ4v) is 2.35. The molecule has 2 rings (SSSR count). The molecule has 0 heterocycles. The summed E-state index contributed by atoms with van der Waals surface area (Å²) in [5, 5.41) is 0.244. The molecule has 0 saturated carbocycles. The first-order valence-corrected chi connectivity index (χ1v) is 7.22. The number of methoxy groups -OCH3 is 2. The minimum Gasteiger partial charge on any atom is -0.493 e. The maximum atomic E-state index is 12.9. The van der Waals surface area contributed by atoms with Gasteiger partial charge in [0.2, 0.25) is 0 Å². The quantitative estimate of drug-likeness (QED) is 0.757. The molecule has 0 aliphatic carbocycles. The van der Waals surface area contributed by atoms with Crippen molar-refractivity contribution >= 4 is 17.6 Å². The van der Waals surface area contributed by atoms with Gasteiger partial charge >= 0.3 is 5.97 Å². The molecular formula is C17H16ClFO4. The standard InChI is InChI=1S/C17H16ClFO4/c1-10(11-4-6-13(19)7-5-11)23-17(20)12-8-14(18)16(22-3)15(9-12)21-2/h4-10H,1-3H3/t10-/m1/s1. The highest BCUT2D eigenvalue weighted by molar-refractivity contribution is 6.32. The fourth-order valence-electron chi connectivity index (χ4n) is 2.07. The van der Waals surface area contributed by atoms with Gasteiger partial charge < -0.3 is 14.2 Å². The van der Waals surface area contributed by atoms with E-state index < -0.39 is 12.1 Å². The molecule has 0 aliphatic rings. The molecule has 23 heavy (non-hydrogen) atoms. The lowest BCUT2D eigenvalue weighted by Gasteiger charge is -2.15. The number of benzene rings is 2. The van der Waals surface area contributed by atoms with Crippen LogP contribution in [0.15, 0.2) is 36.4 Å². The van der Waals surface area contributed by atoms with Crippen LogP contribution < -0.4 is 9.47 Å². The number of carbonyl (C=O) groups excluding carboxylic acids is 1. The highest BCUT2D eigenvalue weighted by atomic mass is 35.5. The van der Waals surface area contributed by atoms with E-state index in [2.05, 4.69) is 0 Å². The smallest absolute Gasteiger partial charge is 0.338 e. The Morgan fingerprint density at radius 2 is 1.78 bits per heavy atom. The third-order valence-electron chi connectivity index (χ3n) is 3.29. The zero-order valence-corrected chi connectivity index (χ0v) is 13.7. The Balaban J connectivity index is 2.20. The zero-order valence-electron chi connectivity index (χ0n) is 12.9. The molecule has 0 aliphatic heterocycles. The Hall–Kier alpha value is -2.27. The molecule has 2 aromatic carbocycles. The number of hydrogen-bond donors (Lipinski definition) is 0. The molecule has 6 heteroatoms. The number of hydrogen-bond acceptors (Lipinski definition) is 4. The number of esters is 1. The SMILES string of the molecule is COc1cc(C(=O)O[C@H](C)c2ccc(F)cc2)cc(Cl)c1OC. The normalized spacial score (nSPS) is 11.7. The maximum Gasteiger partial charge on any atom is 0.338 e. The lowest BCUT2D eigenvalue weighted by atomic mass is 10.1. The van der Waals surface area contributed by atoms with Gasteiger partial charge in [0.1, 0.15) is 11.9 Å². The summed E-state index contributed by atoms with van der Waals surface area (Å²) in [5.41, 5.74) is 0.924. The first-order chi connectivity index (χ1) is 11.0. The molecule has 0 spiro atoms. The van der Waals surface area contributed by atoms with E-state index in [1.54, 1.807) is 19.1 Å². The van der Waals surface area contributed by atoms with E-state index in [0.29, 0.717) is 17.1 Å². The molecule has 0 unspecified atom stereocenters. The Bertz CT molecular complexity index is 700. The van der Waals surface area contributed by atoms with E-state index >= 15 is 0 Å². The van der Waals surface area contributed by atoms with Crippen LogP contribution in [0, 0.1) is 5.82 Å². The van der Waals surface area contributed by atoms with Crippen LogP contribution in [0.25, 0.3) is 0 Å². The molecule has 2 aromatic rings. The average molecular weight is 339 g/mol. The van der Waals surface area contributed by atoms with Gasteiger partial charge in [0.05, 0.1) is 24.8 Å². The predicted octanol–water partition coefficient (Wildman–Crippen LogP) is 4.41. The van der Waals surface area contributed by atoms with Gasteiger partial charge in [0.15, 0.2) is 11.5 Å². The number of carbonyl (C=O) groups is 1. The maximum absolute atomic E-state index is 12.9. The van der Waals surface area contributed by atoms with E-state index in [-0.39, 0.29) is 16.4 Å². The first-order valence-electron chi connectivity index (χ1n) is 6.84. The fraction of sp³-hybridized carbons (Fsp3) is 0.235. The van der Waals surface area contributed by atoms with Crippen molar-refractivity contribution in [2.24, 2.45) is 0 Å². The van der Waals surface area contributed by atoms with Crippen LogP contribution in [0.5, 0.6) is 11.5 Å². The van der Waals surface area contributed by atoms with Crippen molar-refractivity contribution in [2.75, 3.05) is 14.2 Å². The molecule has 0 radical (unpaired) electrons. The van der Waals surface area contributed by atoms with E-state index in [9.17, 15) is 9.18 Å². The average Bonchev–Trinajstić information content (AvgIpc) is 2.54. The molecule has 1 atom stereocenters. The van der Waals surface area contributed by atoms with Crippen molar-refractivity contribution < 1.29 is 23.4 Å². The van der Waals surface area contributed by atoms with Crippen LogP contribution >= 0.6 is 11.6 Å². The Labute approximate surface area is 138 Å². The minimum absolute atomic E-state index is 0.238. The summed E-state index contributed by atoms with van der Waals surface area (Å²) in [6, 6.07) is 8.69. The number of rotatable bonds is 5. The molecule has 0 fully saturated rings. The minimum atomic E-state index is -0.565. The van der Waals surface area contributed by atoms with Crippen molar-refractivity contribution in [2.45, 2.75) is 13.0 Å². The highest BCUT2D eigenvalue weighted by Crippen LogP contribution is 2.36. The molecule has 4 nitrogen and oxygen atoms in total. The molecule has 0 aromatic heterocycles. The predicted molar refractivity (Wildman–Crippen MR) is 84.8 cm³/mol. The van der Waals surface area contributed by atoms with E-state index in [4.69, 9.17) is 25.8 Å². The van der Waals surface area contributed by atoms with Crippen LogP contribution in [-0.4, -0.2) is 20.2 Å². The van der Waals surface area contributed by atoms with E-state index in [1.807, 2.05) is 0 Å². The summed E-state index contributed by atoms with van der Waals surface area (Å²) in [4.78, 5) is 12.3. The molecule has 122 valence electrons. The number of halogens is 2. The highest BCUT2D eigenvalue weighted by Gasteiger charge is 2.18. The van der Waals surface area contributed by atoms with Crippen molar-refractivity contribution in [3.63, 3.8) is 0 Å². The number of ether oxygens (including phenoxy) is 3. The van der Waals surface area contributed by atoms with Gasteiger partial charge in [-0.15, -0.1) is 0 Å². The Kier molecular flexibility index (Phi) is 5.45. The molecule has 0 bridgehead atoms. The van der Waals surface area contributed by atoms with Gasteiger partial charge in [-0.3, -0.25) is 0 Å². The molecule has 0 saturated heterocycles. The summed E-state index contributed by atoms with van der Waals surface area (Å²) in [5.74, 6) is -0.234. The van der Waals surface area contributed by atoms with Gasteiger partial charge in [-0.25, -0.2) is 9.18 Å². The largest absolute Gasteiger partial charge is 0.493 e. The van der Waals surface area contributed by atoms with Crippen LogP contribution in [0.3, 0.4) is 0 Å². The van der Waals surface area contributed by atoms with Crippen molar-refractivity contribution in [1.82, 2.24) is 0 Å². The second-order valence-corrected chi connectivity index (χ2v) is 5.20. The second-order valence-electron chi connectivity index (χ2n) is 4.79.